The topological polar surface area (TPSA) is 122 Å². The van der Waals surface area contributed by atoms with E-state index in [-0.39, 0.29) is 42.5 Å². The van der Waals surface area contributed by atoms with Gasteiger partial charge < -0.3 is 15.4 Å². The number of carbonyl (C=O) groups excluding carboxylic acids is 5. The maximum Gasteiger partial charge on any atom is 0.308 e. The number of carbonyl (C=O) groups is 5. The van der Waals surface area contributed by atoms with E-state index in [1.165, 1.54) is 13.1 Å². The fourth-order valence-electron chi connectivity index (χ4n) is 3.59. The number of nitrogens with zero attached hydrogens (tertiary/aromatic N) is 1. The van der Waals surface area contributed by atoms with E-state index in [0.29, 0.717) is 24.1 Å². The van der Waals surface area contributed by atoms with Crippen LogP contribution in [0.5, 0.6) is 0 Å². The van der Waals surface area contributed by atoms with Crippen LogP contribution < -0.4 is 10.6 Å². The molecule has 0 bridgehead atoms. The van der Waals surface area contributed by atoms with Crippen molar-refractivity contribution < 1.29 is 28.7 Å². The molecule has 0 unspecified atom stereocenters. The number of amides is 4. The molecule has 0 spiro atoms. The fourth-order valence-corrected chi connectivity index (χ4v) is 3.59. The molecule has 0 saturated carbocycles. The predicted molar refractivity (Wildman–Crippen MR) is 106 cm³/mol. The van der Waals surface area contributed by atoms with Crippen molar-refractivity contribution in [3.05, 3.63) is 42.0 Å². The molecule has 3 rings (SSSR count). The highest BCUT2D eigenvalue weighted by molar-refractivity contribution is 6.05. The van der Waals surface area contributed by atoms with Crippen molar-refractivity contribution in [3.63, 3.8) is 0 Å². The smallest absolute Gasteiger partial charge is 0.308 e. The number of hydrogen-bond acceptors (Lipinski definition) is 6. The predicted octanol–water partition coefficient (Wildman–Crippen LogP) is 0.869. The number of fused-ring (bicyclic) bond motifs is 1. The van der Waals surface area contributed by atoms with Crippen LogP contribution in [0, 0.1) is 11.8 Å². The molecule has 9 nitrogen and oxygen atoms in total. The first kappa shape index (κ1) is 21.2. The number of nitrogens with one attached hydrogen (secondary N) is 2. The molecule has 2 N–H and O–H groups in total. The highest BCUT2D eigenvalue weighted by Crippen LogP contribution is 2.34. The van der Waals surface area contributed by atoms with Gasteiger partial charge >= 0.3 is 5.97 Å². The van der Waals surface area contributed by atoms with E-state index in [0.717, 1.165) is 4.90 Å². The summed E-state index contributed by atoms with van der Waals surface area (Å²) < 4.78 is 4.93. The van der Waals surface area contributed by atoms with Crippen molar-refractivity contribution >= 4 is 35.3 Å². The summed E-state index contributed by atoms with van der Waals surface area (Å²) in [5, 5.41) is 5.03. The highest BCUT2D eigenvalue weighted by Gasteiger charge is 2.46. The summed E-state index contributed by atoms with van der Waals surface area (Å²) in [7, 11) is 1.50. The number of rotatable bonds is 7. The van der Waals surface area contributed by atoms with Gasteiger partial charge in [0.05, 0.1) is 18.3 Å². The summed E-state index contributed by atoms with van der Waals surface area (Å²) in [6.45, 7) is -0.570. The van der Waals surface area contributed by atoms with Crippen LogP contribution in [0.15, 0.2) is 36.4 Å². The molecule has 1 fully saturated rings. The third-order valence-electron chi connectivity index (χ3n) is 5.14. The van der Waals surface area contributed by atoms with Gasteiger partial charge in [-0.15, -0.1) is 0 Å². The van der Waals surface area contributed by atoms with Crippen molar-refractivity contribution in [2.45, 2.75) is 19.3 Å². The molecule has 9 heteroatoms. The van der Waals surface area contributed by atoms with E-state index in [1.807, 2.05) is 12.2 Å². The van der Waals surface area contributed by atoms with E-state index in [1.54, 1.807) is 18.2 Å². The summed E-state index contributed by atoms with van der Waals surface area (Å²) in [5.41, 5.74) is 0.768. The lowest BCUT2D eigenvalue weighted by atomic mass is 9.85. The average Bonchev–Trinajstić information content (AvgIpc) is 3.00. The lowest BCUT2D eigenvalue weighted by Crippen LogP contribution is -2.33. The SMILES string of the molecule is CNC(=O)c1cccc(NC(=O)COC(=O)CCN2C(=O)[C@H]3CC=CC[C@H]3C2=O)c1. The van der Waals surface area contributed by atoms with E-state index in [2.05, 4.69) is 10.6 Å². The summed E-state index contributed by atoms with van der Waals surface area (Å²) in [4.78, 5) is 61.4. The van der Waals surface area contributed by atoms with E-state index in [4.69, 9.17) is 4.74 Å². The number of imide groups is 1. The van der Waals surface area contributed by atoms with Crippen LogP contribution in [0.3, 0.4) is 0 Å². The molecule has 1 aliphatic carbocycles. The van der Waals surface area contributed by atoms with Gasteiger partial charge in [-0.3, -0.25) is 28.9 Å². The maximum atomic E-state index is 12.4. The normalized spacial score (nSPS) is 20.0. The number of ether oxygens (including phenoxy) is 1. The van der Waals surface area contributed by atoms with E-state index >= 15 is 0 Å². The molecule has 1 saturated heterocycles. The summed E-state index contributed by atoms with van der Waals surface area (Å²) in [6, 6.07) is 6.31. The second kappa shape index (κ2) is 9.34. The first-order chi connectivity index (χ1) is 14.4. The Morgan fingerprint density at radius 2 is 1.77 bits per heavy atom. The van der Waals surface area contributed by atoms with Crippen LogP contribution in [-0.4, -0.2) is 54.7 Å². The molecule has 30 heavy (non-hydrogen) atoms. The Hall–Kier alpha value is -3.49. The number of allylic oxidation sites excluding steroid dienone is 2. The second-order valence-corrected chi connectivity index (χ2v) is 7.10. The third-order valence-corrected chi connectivity index (χ3v) is 5.14. The average molecular weight is 413 g/mol. The molecule has 2 atom stereocenters. The fraction of sp³-hybridized carbons (Fsp3) is 0.381. The molecular weight excluding hydrogens is 390 g/mol. The van der Waals surface area contributed by atoms with Crippen molar-refractivity contribution in [2.24, 2.45) is 11.8 Å². The molecule has 4 amide bonds. The van der Waals surface area contributed by atoms with Crippen molar-refractivity contribution in [2.75, 3.05) is 25.5 Å². The molecule has 2 aliphatic rings. The second-order valence-electron chi connectivity index (χ2n) is 7.10. The van der Waals surface area contributed by atoms with Gasteiger partial charge in [-0.25, -0.2) is 0 Å². The highest BCUT2D eigenvalue weighted by atomic mass is 16.5. The lowest BCUT2D eigenvalue weighted by molar-refractivity contribution is -0.148. The van der Waals surface area contributed by atoms with Gasteiger partial charge in [0.1, 0.15) is 0 Å². The Balaban J connectivity index is 1.44. The largest absolute Gasteiger partial charge is 0.456 e. The zero-order valence-corrected chi connectivity index (χ0v) is 16.6. The van der Waals surface area contributed by atoms with Crippen LogP contribution in [-0.2, 0) is 23.9 Å². The molecule has 1 heterocycles. The Morgan fingerprint density at radius 3 is 2.40 bits per heavy atom. The van der Waals surface area contributed by atoms with E-state index in [9.17, 15) is 24.0 Å². The molecular formula is C21H23N3O6. The van der Waals surface area contributed by atoms with Gasteiger partial charge in [-0.05, 0) is 31.0 Å². The van der Waals surface area contributed by atoms with Crippen molar-refractivity contribution in [1.82, 2.24) is 10.2 Å². The Morgan fingerprint density at radius 1 is 1.10 bits per heavy atom. The summed E-state index contributed by atoms with van der Waals surface area (Å²) in [6.07, 6.45) is 4.69. The Labute approximate surface area is 173 Å². The van der Waals surface area contributed by atoms with Gasteiger partial charge in [0.15, 0.2) is 6.61 Å². The van der Waals surface area contributed by atoms with Crippen LogP contribution in [0.25, 0.3) is 0 Å². The Kier molecular flexibility index (Phi) is 6.61. The summed E-state index contributed by atoms with van der Waals surface area (Å²) in [5.74, 6) is -2.73. The molecule has 1 aromatic rings. The van der Waals surface area contributed by atoms with Crippen LogP contribution in [0.1, 0.15) is 29.6 Å². The van der Waals surface area contributed by atoms with Gasteiger partial charge in [0, 0.05) is 24.8 Å². The van der Waals surface area contributed by atoms with Crippen molar-refractivity contribution in [1.29, 1.82) is 0 Å². The molecule has 158 valence electrons. The van der Waals surface area contributed by atoms with Crippen LogP contribution in [0.4, 0.5) is 5.69 Å². The number of esters is 1. The summed E-state index contributed by atoms with van der Waals surface area (Å²) >= 11 is 0. The number of anilines is 1. The van der Waals surface area contributed by atoms with Gasteiger partial charge in [-0.1, -0.05) is 18.2 Å². The monoisotopic (exact) mass is 413 g/mol. The molecule has 1 aliphatic heterocycles. The number of hydrogen-bond donors (Lipinski definition) is 2. The van der Waals surface area contributed by atoms with Gasteiger partial charge in [-0.2, -0.15) is 0 Å². The quantitative estimate of drug-likeness (QED) is 0.389. The Bertz CT molecular complexity index is 884. The molecule has 0 aromatic heterocycles. The van der Waals surface area contributed by atoms with Gasteiger partial charge in [0.2, 0.25) is 11.8 Å². The van der Waals surface area contributed by atoms with Crippen molar-refractivity contribution in [3.8, 4) is 0 Å². The minimum Gasteiger partial charge on any atom is -0.456 e. The zero-order valence-electron chi connectivity index (χ0n) is 16.6. The minimum absolute atomic E-state index is 0.0563. The van der Waals surface area contributed by atoms with Crippen LogP contribution >= 0.6 is 0 Å². The van der Waals surface area contributed by atoms with Gasteiger partial charge in [0.25, 0.3) is 11.8 Å². The zero-order chi connectivity index (χ0) is 21.7. The first-order valence-corrected chi connectivity index (χ1v) is 9.68. The van der Waals surface area contributed by atoms with E-state index < -0.39 is 18.5 Å². The third kappa shape index (κ3) is 4.73. The maximum absolute atomic E-state index is 12.4. The van der Waals surface area contributed by atoms with Crippen LogP contribution in [0.2, 0.25) is 0 Å². The standard InChI is InChI=1S/C21H23N3O6/c1-22-19(27)13-5-4-6-14(11-13)23-17(25)12-30-18(26)9-10-24-20(28)15-7-2-3-8-16(15)21(24)29/h2-6,11,15-16H,7-10,12H2,1H3,(H,22,27)(H,23,25)/t15-,16+. The lowest BCUT2D eigenvalue weighted by Gasteiger charge is -2.14. The number of likely N-dealkylation sites (tertiary alicyclic amines) is 1. The minimum atomic E-state index is -0.683. The first-order valence-electron chi connectivity index (χ1n) is 9.68. The molecule has 0 radical (unpaired) electrons. The number of benzene rings is 1. The molecule has 1 aromatic carbocycles.